The highest BCUT2D eigenvalue weighted by Crippen LogP contribution is 2.28. The number of aromatic nitrogens is 1. The van der Waals surface area contributed by atoms with Crippen molar-refractivity contribution in [1.29, 1.82) is 0 Å². The molecule has 0 fully saturated rings. The summed E-state index contributed by atoms with van der Waals surface area (Å²) in [6, 6.07) is 6.87. The van der Waals surface area contributed by atoms with Crippen LogP contribution in [0.1, 0.15) is 17.4 Å². The highest BCUT2D eigenvalue weighted by Gasteiger charge is 2.15. The number of benzene rings is 1. The lowest BCUT2D eigenvalue weighted by atomic mass is 10.3. The fraction of sp³-hybridized carbons (Fsp3) is 0.167. The molecule has 0 spiro atoms. The largest absolute Gasteiger partial charge is 0.461 e. The van der Waals surface area contributed by atoms with Crippen molar-refractivity contribution in [3.63, 3.8) is 0 Å². The van der Waals surface area contributed by atoms with Gasteiger partial charge in [-0.05, 0) is 19.1 Å². The van der Waals surface area contributed by atoms with Crippen LogP contribution < -0.4 is 4.74 Å². The Morgan fingerprint density at radius 2 is 2.22 bits per heavy atom. The van der Waals surface area contributed by atoms with Crippen LogP contribution in [0.2, 0.25) is 5.02 Å². The lowest BCUT2D eigenvalue weighted by Gasteiger charge is -2.01. The number of hydrogen-bond acceptors (Lipinski definition) is 5. The third kappa shape index (κ3) is 2.81. The smallest absolute Gasteiger partial charge is 0.399 e. The molecule has 2 rings (SSSR count). The molecule has 2 aromatic rings. The summed E-state index contributed by atoms with van der Waals surface area (Å²) in [6.45, 7) is 1.98. The Hall–Kier alpha value is -2.01. The number of halogens is 1. The second-order valence-corrected chi connectivity index (χ2v) is 3.66. The predicted molar refractivity (Wildman–Crippen MR) is 64.0 cm³/mol. The maximum absolute atomic E-state index is 11.4. The fourth-order valence-corrected chi connectivity index (χ4v) is 1.40. The van der Waals surface area contributed by atoms with Crippen LogP contribution in [0.4, 0.5) is 0 Å². The number of carbonyl (C=O) groups excluding carboxylic acids is 1. The summed E-state index contributed by atoms with van der Waals surface area (Å²) in [5, 5.41) is 0.424. The van der Waals surface area contributed by atoms with Gasteiger partial charge in [0.05, 0.1) is 11.6 Å². The van der Waals surface area contributed by atoms with E-state index in [2.05, 4.69) is 4.98 Å². The first kappa shape index (κ1) is 12.4. The Kier molecular flexibility index (Phi) is 3.84. The zero-order valence-electron chi connectivity index (χ0n) is 9.55. The first-order valence-corrected chi connectivity index (χ1v) is 5.63. The van der Waals surface area contributed by atoms with Gasteiger partial charge in [-0.15, -0.1) is 0 Å². The SMILES string of the molecule is CCOC(=O)c1coc(Oc2ccccc2Cl)n1. The molecule has 5 nitrogen and oxygen atoms in total. The minimum absolute atomic E-state index is 0.0545. The standard InChI is InChI=1S/C12H10ClNO4/c1-2-16-11(15)9-7-17-12(14-9)18-10-6-4-3-5-8(10)13/h3-7H,2H2,1H3. The van der Waals surface area contributed by atoms with Gasteiger partial charge in [-0.1, -0.05) is 23.7 Å². The van der Waals surface area contributed by atoms with Gasteiger partial charge in [0.25, 0.3) is 0 Å². The first-order valence-electron chi connectivity index (χ1n) is 5.25. The molecule has 1 aromatic carbocycles. The average molecular weight is 268 g/mol. The highest BCUT2D eigenvalue weighted by atomic mass is 35.5. The average Bonchev–Trinajstić information content (AvgIpc) is 2.81. The summed E-state index contributed by atoms with van der Waals surface area (Å²) in [7, 11) is 0. The zero-order chi connectivity index (χ0) is 13.0. The Morgan fingerprint density at radius 3 is 2.94 bits per heavy atom. The van der Waals surface area contributed by atoms with Crippen LogP contribution in [-0.4, -0.2) is 17.6 Å². The van der Waals surface area contributed by atoms with Gasteiger partial charge >= 0.3 is 12.0 Å². The molecule has 0 atom stereocenters. The fourth-order valence-electron chi connectivity index (χ4n) is 1.22. The van der Waals surface area contributed by atoms with Crippen LogP contribution in [0.25, 0.3) is 0 Å². The maximum atomic E-state index is 11.4. The third-order valence-corrected chi connectivity index (χ3v) is 2.31. The number of rotatable bonds is 4. The summed E-state index contributed by atoms with van der Waals surface area (Å²) < 4.78 is 15.1. The number of carbonyl (C=O) groups is 1. The molecule has 18 heavy (non-hydrogen) atoms. The van der Waals surface area contributed by atoms with Crippen LogP contribution in [0.3, 0.4) is 0 Å². The van der Waals surface area contributed by atoms with Crippen molar-refractivity contribution in [3.05, 3.63) is 41.2 Å². The summed E-state index contributed by atoms with van der Waals surface area (Å²) in [5.74, 6) is -0.160. The monoisotopic (exact) mass is 267 g/mol. The molecule has 0 aliphatic carbocycles. The van der Waals surface area contributed by atoms with E-state index < -0.39 is 5.97 Å². The molecule has 0 N–H and O–H groups in total. The summed E-state index contributed by atoms with van der Waals surface area (Å²) >= 11 is 5.91. The lowest BCUT2D eigenvalue weighted by molar-refractivity contribution is 0.0519. The second-order valence-electron chi connectivity index (χ2n) is 3.25. The topological polar surface area (TPSA) is 61.6 Å². The number of hydrogen-bond donors (Lipinski definition) is 0. The van der Waals surface area contributed by atoms with Gasteiger partial charge in [0, 0.05) is 0 Å². The van der Waals surface area contributed by atoms with Crippen LogP contribution in [-0.2, 0) is 4.74 Å². The Balaban J connectivity index is 2.12. The third-order valence-electron chi connectivity index (χ3n) is 2.00. The van der Waals surface area contributed by atoms with E-state index in [9.17, 15) is 4.79 Å². The van der Waals surface area contributed by atoms with E-state index in [0.717, 1.165) is 0 Å². The van der Waals surface area contributed by atoms with Crippen molar-refractivity contribution in [1.82, 2.24) is 4.98 Å². The first-order chi connectivity index (χ1) is 8.70. The van der Waals surface area contributed by atoms with Crippen LogP contribution in [0.15, 0.2) is 34.9 Å². The second kappa shape index (κ2) is 5.55. The van der Waals surface area contributed by atoms with Gasteiger partial charge in [0.15, 0.2) is 11.4 Å². The minimum atomic E-state index is -0.560. The van der Waals surface area contributed by atoms with E-state index in [1.165, 1.54) is 6.26 Å². The molecule has 6 heteroatoms. The van der Waals surface area contributed by atoms with Gasteiger partial charge in [0.2, 0.25) is 0 Å². The number of para-hydroxylation sites is 1. The number of ether oxygens (including phenoxy) is 2. The van der Waals surface area contributed by atoms with Crippen LogP contribution in [0, 0.1) is 0 Å². The molecule has 0 radical (unpaired) electrons. The van der Waals surface area contributed by atoms with E-state index in [4.69, 9.17) is 25.5 Å². The molecule has 0 bridgehead atoms. The molecule has 0 amide bonds. The Bertz CT molecular complexity index is 553. The summed E-state index contributed by atoms with van der Waals surface area (Å²) in [5.41, 5.74) is 0.0545. The van der Waals surface area contributed by atoms with Gasteiger partial charge in [-0.25, -0.2) is 4.79 Å². The van der Waals surface area contributed by atoms with Crippen molar-refractivity contribution >= 4 is 17.6 Å². The van der Waals surface area contributed by atoms with Crippen molar-refractivity contribution in [2.75, 3.05) is 6.61 Å². The predicted octanol–water partition coefficient (Wildman–Crippen LogP) is 3.30. The van der Waals surface area contributed by atoms with Gasteiger partial charge in [0.1, 0.15) is 6.26 Å². The van der Waals surface area contributed by atoms with Crippen molar-refractivity contribution < 1.29 is 18.7 Å². The molecule has 0 aliphatic heterocycles. The maximum Gasteiger partial charge on any atom is 0.399 e. The molecular weight excluding hydrogens is 258 g/mol. The molecular formula is C12H10ClNO4. The van der Waals surface area contributed by atoms with E-state index in [1.807, 2.05) is 0 Å². The molecule has 0 aliphatic rings. The Morgan fingerprint density at radius 1 is 1.44 bits per heavy atom. The lowest BCUT2D eigenvalue weighted by Crippen LogP contribution is -2.04. The zero-order valence-corrected chi connectivity index (χ0v) is 10.3. The minimum Gasteiger partial charge on any atom is -0.461 e. The highest BCUT2D eigenvalue weighted by molar-refractivity contribution is 6.32. The molecule has 0 unspecified atom stereocenters. The molecule has 94 valence electrons. The van der Waals surface area contributed by atoms with E-state index >= 15 is 0 Å². The van der Waals surface area contributed by atoms with Crippen molar-refractivity contribution in [3.8, 4) is 11.8 Å². The molecule has 1 heterocycles. The van der Waals surface area contributed by atoms with Gasteiger partial charge in [-0.2, -0.15) is 4.98 Å². The van der Waals surface area contributed by atoms with Crippen molar-refractivity contribution in [2.45, 2.75) is 6.92 Å². The van der Waals surface area contributed by atoms with E-state index in [1.54, 1.807) is 31.2 Å². The van der Waals surface area contributed by atoms with Crippen LogP contribution in [0.5, 0.6) is 11.8 Å². The normalized spacial score (nSPS) is 10.1. The number of esters is 1. The van der Waals surface area contributed by atoms with Gasteiger partial charge in [-0.3, -0.25) is 0 Å². The van der Waals surface area contributed by atoms with Crippen molar-refractivity contribution in [2.24, 2.45) is 0 Å². The molecule has 0 saturated carbocycles. The summed E-state index contributed by atoms with van der Waals surface area (Å²) in [4.78, 5) is 15.2. The number of nitrogens with zero attached hydrogens (tertiary/aromatic N) is 1. The molecule has 0 saturated heterocycles. The van der Waals surface area contributed by atoms with Crippen LogP contribution >= 0.6 is 11.6 Å². The number of oxazole rings is 1. The van der Waals surface area contributed by atoms with E-state index in [0.29, 0.717) is 10.8 Å². The molecule has 1 aromatic heterocycles. The summed E-state index contributed by atoms with van der Waals surface area (Å²) in [6.07, 6.45) is 1.11. The quantitative estimate of drug-likeness (QED) is 0.796. The Labute approximate surface area is 108 Å². The van der Waals surface area contributed by atoms with Gasteiger partial charge < -0.3 is 13.9 Å². The van der Waals surface area contributed by atoms with E-state index in [-0.39, 0.29) is 18.4 Å².